The SMILES string of the molecule is O=C(O)Nc1cc(O)ccc1-c1cc(=O)c2c(=O)cc[nH]c2o1. The van der Waals surface area contributed by atoms with Crippen LogP contribution in [0.2, 0.25) is 0 Å². The molecule has 0 spiro atoms. The molecule has 1 aromatic carbocycles. The summed E-state index contributed by atoms with van der Waals surface area (Å²) in [5.74, 6) is -0.109. The van der Waals surface area contributed by atoms with Gasteiger partial charge in [0.2, 0.25) is 5.71 Å². The van der Waals surface area contributed by atoms with E-state index in [1.165, 1.54) is 30.5 Å². The second kappa shape index (κ2) is 5.34. The number of nitrogens with one attached hydrogen (secondary N) is 2. The molecule has 0 aliphatic rings. The Morgan fingerprint density at radius 3 is 2.65 bits per heavy atom. The van der Waals surface area contributed by atoms with Gasteiger partial charge in [-0.15, -0.1) is 0 Å². The van der Waals surface area contributed by atoms with Crippen molar-refractivity contribution in [3.05, 3.63) is 57.0 Å². The number of aromatic hydroxyl groups is 1. The molecule has 4 N–H and O–H groups in total. The minimum absolute atomic E-state index is 0.0191. The maximum absolute atomic E-state index is 12.1. The van der Waals surface area contributed by atoms with Gasteiger partial charge in [0.15, 0.2) is 10.9 Å². The minimum Gasteiger partial charge on any atom is -0.508 e. The number of H-pyrrole nitrogens is 1. The zero-order valence-corrected chi connectivity index (χ0v) is 11.5. The van der Waals surface area contributed by atoms with E-state index in [0.717, 1.165) is 6.07 Å². The van der Waals surface area contributed by atoms with Crippen LogP contribution >= 0.6 is 0 Å². The molecule has 0 bridgehead atoms. The molecule has 2 heterocycles. The number of rotatable bonds is 2. The molecule has 0 saturated carbocycles. The molecular formula is C15H10N2O6. The fourth-order valence-corrected chi connectivity index (χ4v) is 2.20. The van der Waals surface area contributed by atoms with Crippen LogP contribution in [0.5, 0.6) is 5.75 Å². The molecule has 0 atom stereocenters. The molecule has 2 aromatic heterocycles. The number of phenols is 1. The van der Waals surface area contributed by atoms with Crippen LogP contribution in [0, 0.1) is 0 Å². The van der Waals surface area contributed by atoms with Gasteiger partial charge in [0, 0.05) is 30.0 Å². The fraction of sp³-hybridized carbons (Fsp3) is 0. The number of aromatic nitrogens is 1. The number of aromatic amines is 1. The molecule has 1 amide bonds. The summed E-state index contributed by atoms with van der Waals surface area (Å²) in [4.78, 5) is 37.3. The van der Waals surface area contributed by atoms with E-state index < -0.39 is 17.0 Å². The van der Waals surface area contributed by atoms with E-state index >= 15 is 0 Å². The van der Waals surface area contributed by atoms with Gasteiger partial charge in [-0.1, -0.05) is 0 Å². The number of phenolic OH excluding ortho intramolecular Hbond substituents is 1. The largest absolute Gasteiger partial charge is 0.508 e. The topological polar surface area (TPSA) is 133 Å². The van der Waals surface area contributed by atoms with Gasteiger partial charge < -0.3 is 19.6 Å². The van der Waals surface area contributed by atoms with Gasteiger partial charge >= 0.3 is 6.09 Å². The van der Waals surface area contributed by atoms with Crippen LogP contribution in [0.3, 0.4) is 0 Å². The van der Waals surface area contributed by atoms with Crippen molar-refractivity contribution >= 4 is 22.9 Å². The third-order valence-electron chi connectivity index (χ3n) is 3.15. The number of carbonyl (C=O) groups is 1. The zero-order valence-electron chi connectivity index (χ0n) is 11.5. The Labute approximate surface area is 127 Å². The smallest absolute Gasteiger partial charge is 0.409 e. The third kappa shape index (κ3) is 2.64. The van der Waals surface area contributed by atoms with Crippen molar-refractivity contribution in [2.75, 3.05) is 5.32 Å². The van der Waals surface area contributed by atoms with E-state index in [0.29, 0.717) is 0 Å². The van der Waals surface area contributed by atoms with Crippen molar-refractivity contribution < 1.29 is 19.4 Å². The summed E-state index contributed by atoms with van der Waals surface area (Å²) in [5.41, 5.74) is -0.771. The van der Waals surface area contributed by atoms with Crippen molar-refractivity contribution in [2.45, 2.75) is 0 Å². The van der Waals surface area contributed by atoms with Crippen molar-refractivity contribution in [3.63, 3.8) is 0 Å². The number of pyridine rings is 1. The standard InChI is InChI=1S/C15H10N2O6/c18-7-1-2-8(9(5-7)17-15(21)22)12-6-11(20)13-10(19)3-4-16-14(13)23-12/h1-6,17-18H,(H,16,19)(H,21,22). The highest BCUT2D eigenvalue weighted by Crippen LogP contribution is 2.31. The van der Waals surface area contributed by atoms with Crippen molar-refractivity contribution in [2.24, 2.45) is 0 Å². The van der Waals surface area contributed by atoms with E-state index in [2.05, 4.69) is 10.3 Å². The molecule has 116 valence electrons. The fourth-order valence-electron chi connectivity index (χ4n) is 2.20. The molecule has 0 saturated heterocycles. The van der Waals surface area contributed by atoms with Crippen LogP contribution in [0.1, 0.15) is 0 Å². The number of fused-ring (bicyclic) bond motifs is 1. The molecule has 8 heteroatoms. The molecule has 3 aromatic rings. The summed E-state index contributed by atoms with van der Waals surface area (Å²) in [5, 5.41) is 20.3. The molecule has 0 fully saturated rings. The first-order valence-corrected chi connectivity index (χ1v) is 6.44. The normalized spacial score (nSPS) is 10.6. The Kier molecular flexibility index (Phi) is 3.34. The summed E-state index contributed by atoms with van der Waals surface area (Å²) in [6, 6.07) is 6.20. The quantitative estimate of drug-likeness (QED) is 0.571. The molecule has 0 aliphatic carbocycles. The van der Waals surface area contributed by atoms with Gasteiger partial charge in [-0.25, -0.2) is 4.79 Å². The lowest BCUT2D eigenvalue weighted by molar-refractivity contribution is 0.210. The Morgan fingerprint density at radius 2 is 1.91 bits per heavy atom. The first-order valence-electron chi connectivity index (χ1n) is 6.44. The second-order valence-corrected chi connectivity index (χ2v) is 4.68. The van der Waals surface area contributed by atoms with Gasteiger partial charge in [-0.05, 0) is 12.1 Å². The third-order valence-corrected chi connectivity index (χ3v) is 3.15. The van der Waals surface area contributed by atoms with Gasteiger partial charge in [-0.3, -0.25) is 14.9 Å². The molecule has 23 heavy (non-hydrogen) atoms. The summed E-state index contributed by atoms with van der Waals surface area (Å²) in [7, 11) is 0. The highest BCUT2D eigenvalue weighted by molar-refractivity contribution is 5.90. The second-order valence-electron chi connectivity index (χ2n) is 4.68. The molecule has 0 aliphatic heterocycles. The van der Waals surface area contributed by atoms with Gasteiger partial charge in [0.05, 0.1) is 5.69 Å². The number of benzene rings is 1. The van der Waals surface area contributed by atoms with Crippen LogP contribution in [-0.2, 0) is 0 Å². The predicted octanol–water partition coefficient (Wildman–Crippen LogP) is 1.94. The van der Waals surface area contributed by atoms with Crippen molar-refractivity contribution in [1.82, 2.24) is 4.98 Å². The van der Waals surface area contributed by atoms with E-state index in [-0.39, 0.29) is 33.9 Å². The van der Waals surface area contributed by atoms with Crippen LogP contribution in [-0.4, -0.2) is 21.3 Å². The average molecular weight is 314 g/mol. The molecule has 8 nitrogen and oxygen atoms in total. The Morgan fingerprint density at radius 1 is 1.13 bits per heavy atom. The predicted molar refractivity (Wildman–Crippen MR) is 81.9 cm³/mol. The van der Waals surface area contributed by atoms with E-state index in [4.69, 9.17) is 9.52 Å². The van der Waals surface area contributed by atoms with E-state index in [1.807, 2.05) is 0 Å². The van der Waals surface area contributed by atoms with Gasteiger partial charge in [0.1, 0.15) is 16.9 Å². The van der Waals surface area contributed by atoms with Crippen molar-refractivity contribution in [3.8, 4) is 17.1 Å². The molecule has 0 radical (unpaired) electrons. The highest BCUT2D eigenvalue weighted by Gasteiger charge is 2.14. The Bertz CT molecular complexity index is 1030. The average Bonchev–Trinajstić information content (AvgIpc) is 2.46. The van der Waals surface area contributed by atoms with Crippen LogP contribution in [0.25, 0.3) is 22.4 Å². The molecule has 0 unspecified atom stereocenters. The zero-order chi connectivity index (χ0) is 16.6. The maximum Gasteiger partial charge on any atom is 0.409 e. The summed E-state index contributed by atoms with van der Waals surface area (Å²) >= 11 is 0. The number of amides is 1. The monoisotopic (exact) mass is 314 g/mol. The van der Waals surface area contributed by atoms with Gasteiger partial charge in [0.25, 0.3) is 0 Å². The summed E-state index contributed by atoms with van der Waals surface area (Å²) in [6.07, 6.45) is -0.00154. The Hall–Kier alpha value is -3.55. The lowest BCUT2D eigenvalue weighted by atomic mass is 10.1. The lowest BCUT2D eigenvalue weighted by Crippen LogP contribution is -2.13. The van der Waals surface area contributed by atoms with E-state index in [1.54, 1.807) is 0 Å². The summed E-state index contributed by atoms with van der Waals surface area (Å²) < 4.78 is 5.50. The minimum atomic E-state index is -1.34. The maximum atomic E-state index is 12.1. The highest BCUT2D eigenvalue weighted by atomic mass is 16.4. The molecular weight excluding hydrogens is 304 g/mol. The lowest BCUT2D eigenvalue weighted by Gasteiger charge is -2.09. The molecule has 3 rings (SSSR count). The van der Waals surface area contributed by atoms with Crippen LogP contribution in [0.15, 0.2) is 50.5 Å². The summed E-state index contributed by atoms with van der Waals surface area (Å²) in [6.45, 7) is 0. The number of carboxylic acid groups (broad SMARTS) is 1. The van der Waals surface area contributed by atoms with E-state index in [9.17, 15) is 19.5 Å². The number of hydrogen-bond acceptors (Lipinski definition) is 5. The Balaban J connectivity index is 2.27. The van der Waals surface area contributed by atoms with Crippen molar-refractivity contribution in [1.29, 1.82) is 0 Å². The number of hydrogen-bond donors (Lipinski definition) is 4. The van der Waals surface area contributed by atoms with Gasteiger partial charge in [-0.2, -0.15) is 0 Å². The first-order chi connectivity index (χ1) is 11.0. The van der Waals surface area contributed by atoms with Crippen LogP contribution in [0.4, 0.5) is 10.5 Å². The first kappa shape index (κ1) is 14.4. The van der Waals surface area contributed by atoms with Crippen LogP contribution < -0.4 is 16.2 Å². The number of anilines is 1.